The summed E-state index contributed by atoms with van der Waals surface area (Å²) in [4.78, 5) is 4.13. The number of halogens is 2. The zero-order valence-corrected chi connectivity index (χ0v) is 11.1. The summed E-state index contributed by atoms with van der Waals surface area (Å²) in [6.45, 7) is 6.02. The summed E-state index contributed by atoms with van der Waals surface area (Å²) in [5, 5.41) is 0.877. The van der Waals surface area contributed by atoms with Crippen LogP contribution in [0.1, 0.15) is 26.3 Å². The van der Waals surface area contributed by atoms with Crippen molar-refractivity contribution in [1.29, 1.82) is 0 Å². The van der Waals surface area contributed by atoms with Crippen LogP contribution < -0.4 is 0 Å². The smallest absolute Gasteiger partial charge is 0.145 e. The molecule has 0 aliphatic heterocycles. The summed E-state index contributed by atoms with van der Waals surface area (Å²) < 4.78 is 14.8. The number of aromatic nitrogens is 1. The first-order valence-electron chi connectivity index (χ1n) is 5.14. The molecule has 84 valence electrons. The molecule has 0 radical (unpaired) electrons. The molecule has 1 aromatic heterocycles. The molecule has 0 bridgehead atoms. The fourth-order valence-corrected chi connectivity index (χ4v) is 2.39. The third-order valence-electron chi connectivity index (χ3n) is 2.55. The van der Waals surface area contributed by atoms with Crippen LogP contribution in [-0.4, -0.2) is 4.98 Å². The Balaban J connectivity index is 2.91. The van der Waals surface area contributed by atoms with Gasteiger partial charge in [0.1, 0.15) is 5.82 Å². The van der Waals surface area contributed by atoms with Crippen molar-refractivity contribution in [2.45, 2.75) is 26.2 Å². The van der Waals surface area contributed by atoms with Gasteiger partial charge in [0.05, 0.1) is 11.7 Å². The first kappa shape index (κ1) is 11.5. The van der Waals surface area contributed by atoms with Crippen molar-refractivity contribution in [1.82, 2.24) is 4.98 Å². The lowest BCUT2D eigenvalue weighted by Crippen LogP contribution is -2.14. The van der Waals surface area contributed by atoms with Crippen LogP contribution in [0.2, 0.25) is 0 Å². The van der Waals surface area contributed by atoms with Crippen molar-refractivity contribution in [3.8, 4) is 0 Å². The molecule has 0 N–H and O–H groups in total. The van der Waals surface area contributed by atoms with E-state index >= 15 is 0 Å². The highest BCUT2D eigenvalue weighted by molar-refractivity contribution is 9.10. The molecule has 0 fully saturated rings. The van der Waals surface area contributed by atoms with Crippen LogP contribution in [0.3, 0.4) is 0 Å². The molecule has 0 amide bonds. The number of rotatable bonds is 0. The zero-order valence-electron chi connectivity index (χ0n) is 9.51. The van der Waals surface area contributed by atoms with Crippen LogP contribution in [0.4, 0.5) is 4.39 Å². The lowest BCUT2D eigenvalue weighted by atomic mass is 9.84. The molecule has 1 heterocycles. The van der Waals surface area contributed by atoms with E-state index in [1.165, 1.54) is 6.20 Å². The first-order valence-corrected chi connectivity index (χ1v) is 5.94. The standard InChI is InChI=1S/C13H13BrFN/c1-13(2,3)11-8-5-4-6-9(14)12(8)16-7-10(11)15/h4-7H,1-3H3. The van der Waals surface area contributed by atoms with Crippen molar-refractivity contribution in [3.63, 3.8) is 0 Å². The second-order valence-electron chi connectivity index (χ2n) is 4.87. The van der Waals surface area contributed by atoms with Crippen molar-refractivity contribution in [2.75, 3.05) is 0 Å². The normalized spacial score (nSPS) is 12.1. The van der Waals surface area contributed by atoms with E-state index in [1.54, 1.807) is 0 Å². The zero-order chi connectivity index (χ0) is 11.9. The van der Waals surface area contributed by atoms with Crippen LogP contribution in [0.15, 0.2) is 28.9 Å². The minimum atomic E-state index is -0.238. The largest absolute Gasteiger partial charge is 0.252 e. The summed E-state index contributed by atoms with van der Waals surface area (Å²) in [6.07, 6.45) is 1.30. The van der Waals surface area contributed by atoms with Gasteiger partial charge in [0.2, 0.25) is 0 Å². The third-order valence-corrected chi connectivity index (χ3v) is 3.19. The van der Waals surface area contributed by atoms with E-state index in [9.17, 15) is 4.39 Å². The van der Waals surface area contributed by atoms with E-state index in [1.807, 2.05) is 39.0 Å². The van der Waals surface area contributed by atoms with Gasteiger partial charge in [-0.15, -0.1) is 0 Å². The molecule has 16 heavy (non-hydrogen) atoms. The second kappa shape index (κ2) is 3.81. The maximum Gasteiger partial charge on any atom is 0.145 e. The Morgan fingerprint density at radius 1 is 1.25 bits per heavy atom. The van der Waals surface area contributed by atoms with Gasteiger partial charge in [-0.3, -0.25) is 4.98 Å². The number of hydrogen-bond acceptors (Lipinski definition) is 1. The highest BCUT2D eigenvalue weighted by Gasteiger charge is 2.22. The van der Waals surface area contributed by atoms with Crippen LogP contribution in [0.5, 0.6) is 0 Å². The lowest BCUT2D eigenvalue weighted by Gasteiger charge is -2.21. The molecule has 0 saturated carbocycles. The Hall–Kier alpha value is -0.960. The maximum absolute atomic E-state index is 13.9. The van der Waals surface area contributed by atoms with Gasteiger partial charge in [-0.2, -0.15) is 0 Å². The Bertz CT molecular complexity index is 543. The highest BCUT2D eigenvalue weighted by Crippen LogP contribution is 2.33. The molecule has 0 atom stereocenters. The number of pyridine rings is 1. The molecule has 1 nitrogen and oxygen atoms in total. The minimum absolute atomic E-state index is 0.230. The third kappa shape index (κ3) is 1.84. The Labute approximate surface area is 103 Å². The van der Waals surface area contributed by atoms with Gasteiger partial charge in [-0.05, 0) is 27.4 Å². The Morgan fingerprint density at radius 3 is 2.56 bits per heavy atom. The first-order chi connectivity index (χ1) is 7.41. The molecular formula is C13H13BrFN. The molecule has 3 heteroatoms. The number of para-hydroxylation sites is 1. The quantitative estimate of drug-likeness (QED) is 0.696. The van der Waals surface area contributed by atoms with E-state index < -0.39 is 0 Å². The minimum Gasteiger partial charge on any atom is -0.252 e. The Morgan fingerprint density at radius 2 is 1.94 bits per heavy atom. The van der Waals surface area contributed by atoms with Crippen LogP contribution in [0.25, 0.3) is 10.9 Å². The fraction of sp³-hybridized carbons (Fsp3) is 0.308. The molecule has 1 aromatic carbocycles. The van der Waals surface area contributed by atoms with E-state index in [-0.39, 0.29) is 11.2 Å². The van der Waals surface area contributed by atoms with Crippen LogP contribution >= 0.6 is 15.9 Å². The molecule has 0 aliphatic rings. The van der Waals surface area contributed by atoms with Crippen LogP contribution in [-0.2, 0) is 5.41 Å². The second-order valence-corrected chi connectivity index (χ2v) is 5.72. The van der Waals surface area contributed by atoms with Gasteiger partial charge >= 0.3 is 0 Å². The lowest BCUT2D eigenvalue weighted by molar-refractivity contribution is 0.525. The van der Waals surface area contributed by atoms with Gasteiger partial charge in [-0.1, -0.05) is 32.9 Å². The fourth-order valence-electron chi connectivity index (χ4n) is 1.92. The predicted octanol–water partition coefficient (Wildman–Crippen LogP) is 4.43. The van der Waals surface area contributed by atoms with Gasteiger partial charge < -0.3 is 0 Å². The van der Waals surface area contributed by atoms with E-state index in [4.69, 9.17) is 0 Å². The molecule has 0 spiro atoms. The van der Waals surface area contributed by atoms with Gasteiger partial charge in [-0.25, -0.2) is 4.39 Å². The average Bonchev–Trinajstić information content (AvgIpc) is 2.15. The molecule has 2 rings (SSSR count). The average molecular weight is 282 g/mol. The van der Waals surface area contributed by atoms with E-state index in [0.29, 0.717) is 0 Å². The number of nitrogens with zero attached hydrogens (tertiary/aromatic N) is 1. The number of fused-ring (bicyclic) bond motifs is 1. The van der Waals surface area contributed by atoms with Gasteiger partial charge in [0.25, 0.3) is 0 Å². The number of benzene rings is 1. The molecular weight excluding hydrogens is 269 g/mol. The van der Waals surface area contributed by atoms with Crippen LogP contribution in [0, 0.1) is 5.82 Å². The van der Waals surface area contributed by atoms with Gasteiger partial charge in [0, 0.05) is 15.4 Å². The van der Waals surface area contributed by atoms with Crippen molar-refractivity contribution >= 4 is 26.8 Å². The van der Waals surface area contributed by atoms with E-state index in [2.05, 4.69) is 20.9 Å². The molecule has 0 unspecified atom stereocenters. The molecule has 2 aromatic rings. The van der Waals surface area contributed by atoms with Crippen molar-refractivity contribution < 1.29 is 4.39 Å². The van der Waals surface area contributed by atoms with Crippen molar-refractivity contribution in [3.05, 3.63) is 40.2 Å². The highest BCUT2D eigenvalue weighted by atomic mass is 79.9. The summed E-state index contributed by atoms with van der Waals surface area (Å²) in [5.41, 5.74) is 1.30. The topological polar surface area (TPSA) is 12.9 Å². The summed E-state index contributed by atoms with van der Waals surface area (Å²) in [7, 11) is 0. The Kier molecular flexibility index (Phi) is 2.74. The predicted molar refractivity (Wildman–Crippen MR) is 68.1 cm³/mol. The van der Waals surface area contributed by atoms with E-state index in [0.717, 1.165) is 20.9 Å². The summed E-state index contributed by atoms with van der Waals surface area (Å²) in [6, 6.07) is 5.74. The van der Waals surface area contributed by atoms with Gasteiger partial charge in [0.15, 0.2) is 0 Å². The SMILES string of the molecule is CC(C)(C)c1c(F)cnc2c(Br)cccc12. The molecule has 0 aliphatic carbocycles. The number of hydrogen-bond donors (Lipinski definition) is 0. The molecule has 0 saturated heterocycles. The summed E-state index contributed by atoms with van der Waals surface area (Å²) >= 11 is 3.44. The maximum atomic E-state index is 13.9. The monoisotopic (exact) mass is 281 g/mol. The van der Waals surface area contributed by atoms with Crippen molar-refractivity contribution in [2.24, 2.45) is 0 Å². The summed E-state index contributed by atoms with van der Waals surface area (Å²) in [5.74, 6) is -0.238.